The highest BCUT2D eigenvalue weighted by atomic mass is 35.5. The van der Waals surface area contributed by atoms with Crippen molar-refractivity contribution in [1.29, 1.82) is 0 Å². The summed E-state index contributed by atoms with van der Waals surface area (Å²) in [6.07, 6.45) is 0.671. The van der Waals surface area contributed by atoms with E-state index in [2.05, 4.69) is 14.7 Å². The first-order chi connectivity index (χ1) is 8.10. The molecule has 0 fully saturated rings. The molecule has 2 atom stereocenters. The number of alkyl halides is 1. The fraction of sp³-hybridized carbons (Fsp3) is 0.500. The quantitative estimate of drug-likeness (QED) is 0.584. The van der Waals surface area contributed by atoms with Gasteiger partial charge in [-0.1, -0.05) is 0 Å². The number of carbonyl (C=O) groups is 1. The van der Waals surface area contributed by atoms with E-state index in [0.29, 0.717) is 5.56 Å². The van der Waals surface area contributed by atoms with Crippen LogP contribution in [-0.2, 0) is 4.74 Å². The molecule has 0 saturated heterocycles. The Bertz CT molecular complexity index is 371. The first-order valence-electron chi connectivity index (χ1n) is 4.92. The van der Waals surface area contributed by atoms with Crippen molar-refractivity contribution < 1.29 is 19.7 Å². The molecule has 17 heavy (non-hydrogen) atoms. The van der Waals surface area contributed by atoms with Gasteiger partial charge >= 0.3 is 5.97 Å². The molecule has 7 heteroatoms. The average molecular weight is 261 g/mol. The number of hydrogen-bond acceptors (Lipinski definition) is 6. The summed E-state index contributed by atoms with van der Waals surface area (Å²) in [5.41, 5.74) is 0.315. The van der Waals surface area contributed by atoms with Crippen molar-refractivity contribution in [2.45, 2.75) is 18.6 Å². The van der Waals surface area contributed by atoms with Crippen molar-refractivity contribution in [3.63, 3.8) is 0 Å². The number of rotatable bonds is 5. The number of carbonyl (C=O) groups excluding carboxylic acids is 1. The highest BCUT2D eigenvalue weighted by Gasteiger charge is 2.19. The van der Waals surface area contributed by atoms with Gasteiger partial charge in [0.1, 0.15) is 6.10 Å². The van der Waals surface area contributed by atoms with Crippen molar-refractivity contribution in [2.75, 3.05) is 13.0 Å². The van der Waals surface area contributed by atoms with Gasteiger partial charge in [0.15, 0.2) is 0 Å². The number of ether oxygens (including phenoxy) is 1. The summed E-state index contributed by atoms with van der Waals surface area (Å²) in [6.45, 7) is 0. The van der Waals surface area contributed by atoms with E-state index in [4.69, 9.17) is 11.6 Å². The Kier molecular flexibility index (Phi) is 5.27. The number of aliphatic hydroxyl groups excluding tert-OH is 2. The molecule has 0 aliphatic heterocycles. The van der Waals surface area contributed by atoms with E-state index in [9.17, 15) is 15.0 Å². The fourth-order valence-electron chi connectivity index (χ4n) is 1.18. The number of aliphatic hydroxyl groups is 2. The first-order valence-corrected chi connectivity index (χ1v) is 5.46. The zero-order valence-electron chi connectivity index (χ0n) is 9.21. The molecule has 0 saturated carbocycles. The number of esters is 1. The minimum absolute atomic E-state index is 0.102. The maximum Gasteiger partial charge on any atom is 0.376 e. The zero-order valence-corrected chi connectivity index (χ0v) is 9.96. The van der Waals surface area contributed by atoms with Crippen molar-refractivity contribution in [3.8, 4) is 0 Å². The Hall–Kier alpha value is -1.24. The molecule has 2 unspecified atom stereocenters. The third-order valence-electron chi connectivity index (χ3n) is 2.15. The Balaban J connectivity index is 2.76. The van der Waals surface area contributed by atoms with Gasteiger partial charge in [-0.25, -0.2) is 14.8 Å². The highest BCUT2D eigenvalue weighted by molar-refractivity contribution is 6.17. The van der Waals surface area contributed by atoms with Crippen molar-refractivity contribution in [2.24, 2.45) is 0 Å². The van der Waals surface area contributed by atoms with Gasteiger partial charge in [-0.2, -0.15) is 0 Å². The first kappa shape index (κ1) is 13.8. The largest absolute Gasteiger partial charge is 0.463 e. The molecule has 0 spiro atoms. The van der Waals surface area contributed by atoms with E-state index in [1.54, 1.807) is 0 Å². The van der Waals surface area contributed by atoms with Gasteiger partial charge in [-0.15, -0.1) is 11.6 Å². The van der Waals surface area contributed by atoms with Gasteiger partial charge in [-0.05, 0) is 6.42 Å². The second kappa shape index (κ2) is 6.48. The normalized spacial score (nSPS) is 14.1. The monoisotopic (exact) mass is 260 g/mol. The minimum atomic E-state index is -1.12. The molecule has 0 aliphatic carbocycles. The molecule has 0 bridgehead atoms. The molecule has 6 nitrogen and oxygen atoms in total. The Morgan fingerprint density at radius 1 is 1.47 bits per heavy atom. The number of halogens is 1. The van der Waals surface area contributed by atoms with Gasteiger partial charge in [0, 0.05) is 23.8 Å². The van der Waals surface area contributed by atoms with E-state index in [0.717, 1.165) is 0 Å². The molecule has 1 heterocycles. The van der Waals surface area contributed by atoms with Crippen LogP contribution < -0.4 is 0 Å². The van der Waals surface area contributed by atoms with Crippen LogP contribution in [0.25, 0.3) is 0 Å². The van der Waals surface area contributed by atoms with Crippen LogP contribution in [0.3, 0.4) is 0 Å². The molecule has 0 radical (unpaired) electrons. The molecule has 0 aromatic carbocycles. The maximum atomic E-state index is 11.1. The smallest absolute Gasteiger partial charge is 0.376 e. The van der Waals surface area contributed by atoms with Crippen molar-refractivity contribution >= 4 is 17.6 Å². The Labute approximate surface area is 103 Å². The Morgan fingerprint density at radius 2 is 2.06 bits per heavy atom. The summed E-state index contributed by atoms with van der Waals surface area (Å²) >= 11 is 5.45. The summed E-state index contributed by atoms with van der Waals surface area (Å²) in [6, 6.07) is 0. The van der Waals surface area contributed by atoms with Gasteiger partial charge in [0.05, 0.1) is 13.2 Å². The zero-order chi connectivity index (χ0) is 12.8. The minimum Gasteiger partial charge on any atom is -0.463 e. The summed E-state index contributed by atoms with van der Waals surface area (Å²) in [5, 5.41) is 19.2. The summed E-state index contributed by atoms with van der Waals surface area (Å²) < 4.78 is 4.43. The molecule has 1 rings (SSSR count). The lowest BCUT2D eigenvalue weighted by molar-refractivity contribution is 0.0165. The van der Waals surface area contributed by atoms with Gasteiger partial charge in [0.25, 0.3) is 0 Å². The predicted octanol–water partition coefficient (Wildman–Crippen LogP) is 0.286. The molecule has 1 aromatic rings. The lowest BCUT2D eigenvalue weighted by Gasteiger charge is -2.16. The summed E-state index contributed by atoms with van der Waals surface area (Å²) in [4.78, 5) is 18.5. The van der Waals surface area contributed by atoms with Gasteiger partial charge in [0.2, 0.25) is 5.82 Å². The van der Waals surface area contributed by atoms with Crippen LogP contribution >= 0.6 is 11.6 Å². The average Bonchev–Trinajstić information content (AvgIpc) is 2.37. The fourth-order valence-corrected chi connectivity index (χ4v) is 1.40. The lowest BCUT2D eigenvalue weighted by Crippen LogP contribution is -2.19. The maximum absolute atomic E-state index is 11.1. The van der Waals surface area contributed by atoms with E-state index >= 15 is 0 Å². The molecule has 2 N–H and O–H groups in total. The highest BCUT2D eigenvalue weighted by Crippen LogP contribution is 2.17. The van der Waals surface area contributed by atoms with Crippen LogP contribution in [0.2, 0.25) is 0 Å². The number of hydrogen-bond donors (Lipinski definition) is 2. The molecule has 0 aliphatic rings. The van der Waals surface area contributed by atoms with Crippen molar-refractivity contribution in [3.05, 3.63) is 23.8 Å². The van der Waals surface area contributed by atoms with Crippen molar-refractivity contribution in [1.82, 2.24) is 9.97 Å². The number of nitrogens with zero attached hydrogens (tertiary/aromatic N) is 2. The van der Waals surface area contributed by atoms with Gasteiger partial charge in [-0.3, -0.25) is 0 Å². The molecule has 0 amide bonds. The Morgan fingerprint density at radius 3 is 2.53 bits per heavy atom. The van der Waals surface area contributed by atoms with Crippen LogP contribution in [0.4, 0.5) is 0 Å². The van der Waals surface area contributed by atoms with E-state index in [1.165, 1.54) is 19.5 Å². The topological polar surface area (TPSA) is 92.5 Å². The van der Waals surface area contributed by atoms with Crippen LogP contribution in [-0.4, -0.2) is 45.2 Å². The second-order valence-electron chi connectivity index (χ2n) is 3.32. The third-order valence-corrected chi connectivity index (χ3v) is 2.37. The van der Waals surface area contributed by atoms with E-state index < -0.39 is 18.2 Å². The predicted molar refractivity (Wildman–Crippen MR) is 59.7 cm³/mol. The van der Waals surface area contributed by atoms with Gasteiger partial charge < -0.3 is 14.9 Å². The van der Waals surface area contributed by atoms with Crippen LogP contribution in [0, 0.1) is 0 Å². The second-order valence-corrected chi connectivity index (χ2v) is 3.70. The third kappa shape index (κ3) is 3.62. The van der Waals surface area contributed by atoms with E-state index in [-0.39, 0.29) is 18.1 Å². The number of aromatic nitrogens is 2. The molecule has 1 aromatic heterocycles. The number of methoxy groups -OCH3 is 1. The van der Waals surface area contributed by atoms with Crippen LogP contribution in [0.1, 0.15) is 28.7 Å². The summed E-state index contributed by atoms with van der Waals surface area (Å²) in [5.74, 6) is -0.526. The lowest BCUT2D eigenvalue weighted by atomic mass is 10.1. The SMILES string of the molecule is COC(=O)c1ncc(C(O)C(O)CCCl)cn1. The molecular weight excluding hydrogens is 248 g/mol. The van der Waals surface area contributed by atoms with Crippen LogP contribution in [0.5, 0.6) is 0 Å². The molecule has 94 valence electrons. The standard InChI is InChI=1S/C10H13ClN2O4/c1-17-10(16)9-12-4-6(5-13-9)8(15)7(14)2-3-11/h4-5,7-8,14-15H,2-3H2,1H3. The van der Waals surface area contributed by atoms with Crippen LogP contribution in [0.15, 0.2) is 12.4 Å². The van der Waals surface area contributed by atoms with E-state index in [1.807, 2.05) is 0 Å². The molecular formula is C10H13ClN2O4. The summed E-state index contributed by atoms with van der Waals surface area (Å²) in [7, 11) is 1.22.